The minimum Gasteiger partial charge on any atom is -0.497 e. The van der Waals surface area contributed by atoms with Gasteiger partial charge in [0.1, 0.15) is 5.75 Å². The van der Waals surface area contributed by atoms with Gasteiger partial charge >= 0.3 is 0 Å². The number of hydrogen-bond donors (Lipinski definition) is 2. The van der Waals surface area contributed by atoms with Crippen LogP contribution in [0.3, 0.4) is 0 Å². The molecule has 3 nitrogen and oxygen atoms in total. The molecule has 2 bridgehead atoms. The zero-order valence-electron chi connectivity index (χ0n) is 11.6. The van der Waals surface area contributed by atoms with E-state index in [0.29, 0.717) is 0 Å². The zero-order valence-corrected chi connectivity index (χ0v) is 11.6. The molecule has 19 heavy (non-hydrogen) atoms. The SMILES string of the molecule is COc1cccc(C(CC2CC3CCC2C3)NN)c1. The van der Waals surface area contributed by atoms with Gasteiger partial charge in [-0.1, -0.05) is 18.6 Å². The average molecular weight is 260 g/mol. The molecule has 4 unspecified atom stereocenters. The van der Waals surface area contributed by atoms with Crippen LogP contribution in [-0.4, -0.2) is 7.11 Å². The number of hydrogen-bond acceptors (Lipinski definition) is 3. The summed E-state index contributed by atoms with van der Waals surface area (Å²) in [4.78, 5) is 0. The third-order valence-corrected chi connectivity index (χ3v) is 5.12. The molecule has 4 atom stereocenters. The van der Waals surface area contributed by atoms with E-state index in [1.807, 2.05) is 12.1 Å². The van der Waals surface area contributed by atoms with E-state index in [-0.39, 0.29) is 6.04 Å². The number of rotatable bonds is 5. The Bertz CT molecular complexity index is 435. The number of fused-ring (bicyclic) bond motifs is 2. The normalized spacial score (nSPS) is 30.5. The summed E-state index contributed by atoms with van der Waals surface area (Å²) >= 11 is 0. The Kier molecular flexibility index (Phi) is 3.76. The minimum absolute atomic E-state index is 0.249. The van der Waals surface area contributed by atoms with Gasteiger partial charge < -0.3 is 4.74 Å². The van der Waals surface area contributed by atoms with E-state index in [2.05, 4.69) is 17.6 Å². The van der Waals surface area contributed by atoms with Crippen molar-refractivity contribution in [2.45, 2.75) is 38.1 Å². The van der Waals surface area contributed by atoms with Crippen molar-refractivity contribution in [2.75, 3.05) is 7.11 Å². The van der Waals surface area contributed by atoms with E-state index in [1.54, 1.807) is 7.11 Å². The van der Waals surface area contributed by atoms with Gasteiger partial charge in [0.25, 0.3) is 0 Å². The Hall–Kier alpha value is -1.06. The van der Waals surface area contributed by atoms with Crippen molar-refractivity contribution in [3.63, 3.8) is 0 Å². The topological polar surface area (TPSA) is 47.3 Å². The van der Waals surface area contributed by atoms with Crippen LogP contribution in [0.2, 0.25) is 0 Å². The van der Waals surface area contributed by atoms with Crippen molar-refractivity contribution in [3.05, 3.63) is 29.8 Å². The number of hydrazine groups is 1. The molecule has 0 amide bonds. The number of nitrogens with two attached hydrogens (primary N) is 1. The third kappa shape index (κ3) is 2.63. The third-order valence-electron chi connectivity index (χ3n) is 5.12. The first kappa shape index (κ1) is 12.9. The molecule has 104 valence electrons. The second-order valence-electron chi connectivity index (χ2n) is 6.17. The van der Waals surface area contributed by atoms with Gasteiger partial charge in [-0.25, -0.2) is 0 Å². The van der Waals surface area contributed by atoms with E-state index in [1.165, 1.54) is 31.2 Å². The molecule has 2 aliphatic rings. The highest BCUT2D eigenvalue weighted by atomic mass is 16.5. The average Bonchev–Trinajstić information content (AvgIpc) is 3.07. The smallest absolute Gasteiger partial charge is 0.119 e. The lowest BCUT2D eigenvalue weighted by molar-refractivity contribution is 0.280. The lowest BCUT2D eigenvalue weighted by Gasteiger charge is -2.26. The lowest BCUT2D eigenvalue weighted by Crippen LogP contribution is -2.30. The molecule has 0 aliphatic heterocycles. The number of nitrogens with one attached hydrogen (secondary N) is 1. The highest BCUT2D eigenvalue weighted by Gasteiger charge is 2.40. The monoisotopic (exact) mass is 260 g/mol. The van der Waals surface area contributed by atoms with Crippen LogP contribution < -0.4 is 16.0 Å². The maximum absolute atomic E-state index is 5.78. The van der Waals surface area contributed by atoms with Gasteiger partial charge in [0.15, 0.2) is 0 Å². The molecule has 3 rings (SSSR count). The molecule has 1 aromatic carbocycles. The largest absolute Gasteiger partial charge is 0.497 e. The van der Waals surface area contributed by atoms with Crippen LogP contribution in [0.15, 0.2) is 24.3 Å². The molecule has 2 fully saturated rings. The molecule has 3 heteroatoms. The van der Waals surface area contributed by atoms with Gasteiger partial charge in [-0.15, -0.1) is 0 Å². The summed E-state index contributed by atoms with van der Waals surface area (Å²) in [7, 11) is 1.71. The maximum atomic E-state index is 5.78. The fourth-order valence-electron chi connectivity index (χ4n) is 4.13. The molecule has 0 heterocycles. The quantitative estimate of drug-likeness (QED) is 0.632. The molecule has 0 aromatic heterocycles. The van der Waals surface area contributed by atoms with Crippen molar-refractivity contribution in [3.8, 4) is 5.75 Å². The van der Waals surface area contributed by atoms with Gasteiger partial charge in [0.05, 0.1) is 7.11 Å². The molecule has 1 aromatic rings. The van der Waals surface area contributed by atoms with Gasteiger partial charge in [-0.3, -0.25) is 11.3 Å². The van der Waals surface area contributed by atoms with Crippen LogP contribution >= 0.6 is 0 Å². The molecule has 2 saturated carbocycles. The van der Waals surface area contributed by atoms with Crippen LogP contribution in [0, 0.1) is 17.8 Å². The van der Waals surface area contributed by atoms with Gasteiger partial charge in [0.2, 0.25) is 0 Å². The highest BCUT2D eigenvalue weighted by molar-refractivity contribution is 5.30. The first-order valence-corrected chi connectivity index (χ1v) is 7.40. The van der Waals surface area contributed by atoms with E-state index >= 15 is 0 Å². The maximum Gasteiger partial charge on any atom is 0.119 e. The lowest BCUT2D eigenvalue weighted by atomic mass is 9.83. The number of benzene rings is 1. The van der Waals surface area contributed by atoms with Crippen molar-refractivity contribution in [1.82, 2.24) is 5.43 Å². The van der Waals surface area contributed by atoms with Crippen LogP contribution in [0.25, 0.3) is 0 Å². The van der Waals surface area contributed by atoms with E-state index < -0.39 is 0 Å². The fourth-order valence-corrected chi connectivity index (χ4v) is 4.13. The Morgan fingerprint density at radius 3 is 2.89 bits per heavy atom. The summed E-state index contributed by atoms with van der Waals surface area (Å²) in [6.45, 7) is 0. The van der Waals surface area contributed by atoms with Crippen LogP contribution in [-0.2, 0) is 0 Å². The number of methoxy groups -OCH3 is 1. The fraction of sp³-hybridized carbons (Fsp3) is 0.625. The van der Waals surface area contributed by atoms with Crippen LogP contribution in [0.5, 0.6) is 5.75 Å². The Labute approximate surface area is 115 Å². The summed E-state index contributed by atoms with van der Waals surface area (Å²) in [5.74, 6) is 9.49. The van der Waals surface area contributed by atoms with Crippen molar-refractivity contribution in [1.29, 1.82) is 0 Å². The predicted octanol–water partition coefficient (Wildman–Crippen LogP) is 3.03. The summed E-state index contributed by atoms with van der Waals surface area (Å²) < 4.78 is 5.30. The standard InChI is InChI=1S/C16H24N2O/c1-19-15-4-2-3-13(9-15)16(18-17)10-14-8-11-5-6-12(14)7-11/h2-4,9,11-12,14,16,18H,5-8,10,17H2,1H3. The molecule has 0 spiro atoms. The predicted molar refractivity (Wildman–Crippen MR) is 76.6 cm³/mol. The first-order chi connectivity index (χ1) is 9.30. The van der Waals surface area contributed by atoms with Gasteiger partial charge in [-0.2, -0.15) is 0 Å². The van der Waals surface area contributed by atoms with Gasteiger partial charge in [-0.05, 0) is 61.1 Å². The minimum atomic E-state index is 0.249. The van der Waals surface area contributed by atoms with Crippen molar-refractivity contribution < 1.29 is 4.74 Å². The molecule has 2 aliphatic carbocycles. The second-order valence-corrected chi connectivity index (χ2v) is 6.17. The first-order valence-electron chi connectivity index (χ1n) is 7.40. The van der Waals surface area contributed by atoms with Crippen LogP contribution in [0.4, 0.5) is 0 Å². The summed E-state index contributed by atoms with van der Waals surface area (Å²) in [5, 5.41) is 0. The molecule has 0 radical (unpaired) electrons. The van der Waals surface area contributed by atoms with Crippen molar-refractivity contribution in [2.24, 2.45) is 23.6 Å². The van der Waals surface area contributed by atoms with Crippen molar-refractivity contribution >= 4 is 0 Å². The molecule has 3 N–H and O–H groups in total. The highest BCUT2D eigenvalue weighted by Crippen LogP contribution is 2.50. The second kappa shape index (κ2) is 5.51. The molecular formula is C16H24N2O. The molecule has 0 saturated heterocycles. The Balaban J connectivity index is 1.69. The summed E-state index contributed by atoms with van der Waals surface area (Å²) in [6, 6.07) is 8.51. The summed E-state index contributed by atoms with van der Waals surface area (Å²) in [6.07, 6.45) is 6.92. The van der Waals surface area contributed by atoms with Crippen LogP contribution in [0.1, 0.15) is 43.7 Å². The van der Waals surface area contributed by atoms with E-state index in [9.17, 15) is 0 Å². The van der Waals surface area contributed by atoms with E-state index in [4.69, 9.17) is 10.6 Å². The molecular weight excluding hydrogens is 236 g/mol. The van der Waals surface area contributed by atoms with Gasteiger partial charge in [0, 0.05) is 6.04 Å². The summed E-state index contributed by atoms with van der Waals surface area (Å²) in [5.41, 5.74) is 4.24. The zero-order chi connectivity index (χ0) is 13.2. The Morgan fingerprint density at radius 2 is 2.26 bits per heavy atom. The number of ether oxygens (including phenoxy) is 1. The van der Waals surface area contributed by atoms with E-state index in [0.717, 1.165) is 29.9 Å². The Morgan fingerprint density at radius 1 is 1.37 bits per heavy atom.